The van der Waals surface area contributed by atoms with Crippen molar-refractivity contribution in [3.05, 3.63) is 59.7 Å². The van der Waals surface area contributed by atoms with E-state index in [0.717, 1.165) is 72.4 Å². The molecular formula is C31H43N2O3+. The number of piperidine rings is 1. The number of rotatable bonds is 12. The van der Waals surface area contributed by atoms with Crippen LogP contribution in [-0.4, -0.2) is 48.9 Å². The molecular weight excluding hydrogens is 448 g/mol. The lowest BCUT2D eigenvalue weighted by Gasteiger charge is -2.41. The molecule has 36 heavy (non-hydrogen) atoms. The number of carbonyl (C=O) groups is 2. The van der Waals surface area contributed by atoms with Crippen molar-refractivity contribution in [3.63, 3.8) is 0 Å². The minimum absolute atomic E-state index is 0.0495. The average Bonchev–Trinajstić information content (AvgIpc) is 2.89. The Labute approximate surface area is 216 Å². The number of nitrogens with zero attached hydrogens (tertiary/aromatic N) is 1. The van der Waals surface area contributed by atoms with Crippen molar-refractivity contribution < 1.29 is 18.8 Å². The molecule has 5 heteroatoms. The number of quaternary nitrogens is 1. The van der Waals surface area contributed by atoms with Crippen molar-refractivity contribution in [1.82, 2.24) is 5.32 Å². The zero-order valence-corrected chi connectivity index (χ0v) is 22.1. The number of fused-ring (bicyclic) bond motifs is 2. The number of ketones is 1. The number of nitrogens with one attached hydrogen (secondary N) is 1. The van der Waals surface area contributed by atoms with Crippen LogP contribution in [0.2, 0.25) is 0 Å². The van der Waals surface area contributed by atoms with E-state index in [0.29, 0.717) is 12.2 Å². The van der Waals surface area contributed by atoms with Crippen LogP contribution in [0, 0.1) is 0 Å². The summed E-state index contributed by atoms with van der Waals surface area (Å²) in [5, 5.41) is 3.35. The summed E-state index contributed by atoms with van der Waals surface area (Å²) in [6.45, 7) is 5.14. The predicted octanol–water partition coefficient (Wildman–Crippen LogP) is 6.36. The lowest BCUT2D eigenvalue weighted by atomic mass is 9.86. The number of ether oxygens (including phenoxy) is 1. The molecule has 1 N–H and O–H groups in total. The van der Waals surface area contributed by atoms with Crippen LogP contribution < -0.4 is 10.1 Å². The summed E-state index contributed by atoms with van der Waals surface area (Å²) < 4.78 is 6.99. The first-order chi connectivity index (χ1) is 17.5. The molecule has 2 heterocycles. The Bertz CT molecular complexity index is 980. The number of hydrogen-bond donors (Lipinski definition) is 1. The fourth-order valence-electron chi connectivity index (χ4n) is 5.66. The van der Waals surface area contributed by atoms with Gasteiger partial charge in [-0.1, -0.05) is 75.4 Å². The van der Waals surface area contributed by atoms with Gasteiger partial charge in [-0.15, -0.1) is 0 Å². The lowest BCUT2D eigenvalue weighted by molar-refractivity contribution is -0.913. The largest absolute Gasteiger partial charge is 0.457 e. The number of para-hydroxylation sites is 2. The van der Waals surface area contributed by atoms with Gasteiger partial charge in [0, 0.05) is 36.4 Å². The molecule has 0 aliphatic carbocycles. The zero-order chi connectivity index (χ0) is 25.4. The SMILES string of the molecule is CCCCCCCCC(=O)CC[N+]1(C)CCC(NC(=O)C2c3ccccc3Oc3ccccc32)CC1. The molecule has 0 saturated carbocycles. The van der Waals surface area contributed by atoms with Crippen LogP contribution in [0.25, 0.3) is 0 Å². The maximum Gasteiger partial charge on any atom is 0.232 e. The summed E-state index contributed by atoms with van der Waals surface area (Å²) in [7, 11) is 2.26. The maximum atomic E-state index is 13.5. The minimum Gasteiger partial charge on any atom is -0.457 e. The van der Waals surface area contributed by atoms with Gasteiger partial charge in [0.2, 0.25) is 5.91 Å². The second-order valence-electron chi connectivity index (χ2n) is 11.0. The van der Waals surface area contributed by atoms with Crippen molar-refractivity contribution in [1.29, 1.82) is 0 Å². The Balaban J connectivity index is 1.25. The van der Waals surface area contributed by atoms with Gasteiger partial charge in [-0.25, -0.2) is 0 Å². The van der Waals surface area contributed by atoms with Crippen LogP contribution in [0.4, 0.5) is 0 Å². The average molecular weight is 492 g/mol. The summed E-state index contributed by atoms with van der Waals surface area (Å²) in [5.74, 6) is 1.63. The van der Waals surface area contributed by atoms with Crippen molar-refractivity contribution in [2.24, 2.45) is 0 Å². The Kier molecular flexibility index (Phi) is 9.19. The molecule has 1 amide bonds. The predicted molar refractivity (Wildman–Crippen MR) is 144 cm³/mol. The molecule has 0 atom stereocenters. The molecule has 2 aromatic rings. The quantitative estimate of drug-likeness (QED) is 0.278. The van der Waals surface area contributed by atoms with E-state index in [2.05, 4.69) is 19.3 Å². The highest BCUT2D eigenvalue weighted by atomic mass is 16.5. The van der Waals surface area contributed by atoms with E-state index in [1.165, 1.54) is 32.1 Å². The summed E-state index contributed by atoms with van der Waals surface area (Å²) in [6, 6.07) is 15.8. The monoisotopic (exact) mass is 491 g/mol. The van der Waals surface area contributed by atoms with E-state index in [1.54, 1.807) is 0 Å². The number of benzene rings is 2. The molecule has 0 spiro atoms. The molecule has 1 saturated heterocycles. The Morgan fingerprint density at radius 2 is 1.44 bits per heavy atom. The summed E-state index contributed by atoms with van der Waals surface area (Å²) >= 11 is 0. The maximum absolute atomic E-state index is 13.5. The first-order valence-electron chi connectivity index (χ1n) is 14.0. The molecule has 0 unspecified atom stereocenters. The van der Waals surface area contributed by atoms with Crippen molar-refractivity contribution in [2.75, 3.05) is 26.7 Å². The molecule has 4 rings (SSSR count). The summed E-state index contributed by atoms with van der Waals surface area (Å²) in [4.78, 5) is 26.0. The van der Waals surface area contributed by atoms with Gasteiger partial charge in [-0.3, -0.25) is 9.59 Å². The molecule has 2 aromatic carbocycles. The van der Waals surface area contributed by atoms with Crippen LogP contribution in [-0.2, 0) is 9.59 Å². The van der Waals surface area contributed by atoms with Gasteiger partial charge in [-0.2, -0.15) is 0 Å². The van der Waals surface area contributed by atoms with E-state index < -0.39 is 0 Å². The van der Waals surface area contributed by atoms with Crippen molar-refractivity contribution in [3.8, 4) is 11.5 Å². The third-order valence-corrected chi connectivity index (χ3v) is 8.06. The fraction of sp³-hybridized carbons (Fsp3) is 0.548. The van der Waals surface area contributed by atoms with Gasteiger partial charge in [0.05, 0.1) is 39.0 Å². The molecule has 0 aromatic heterocycles. The second kappa shape index (κ2) is 12.5. The van der Waals surface area contributed by atoms with E-state index >= 15 is 0 Å². The van der Waals surface area contributed by atoms with Gasteiger partial charge in [0.15, 0.2) is 0 Å². The first kappa shape index (κ1) is 26.4. The molecule has 0 radical (unpaired) electrons. The van der Waals surface area contributed by atoms with Crippen LogP contribution in [0.15, 0.2) is 48.5 Å². The summed E-state index contributed by atoms with van der Waals surface area (Å²) in [5.41, 5.74) is 1.85. The van der Waals surface area contributed by atoms with E-state index in [4.69, 9.17) is 4.74 Å². The topological polar surface area (TPSA) is 55.4 Å². The van der Waals surface area contributed by atoms with Gasteiger partial charge < -0.3 is 14.5 Å². The van der Waals surface area contributed by atoms with E-state index in [-0.39, 0.29) is 17.9 Å². The number of Topliss-reactive ketones (excluding diaryl/α,β-unsaturated/α-hetero) is 1. The van der Waals surface area contributed by atoms with Crippen LogP contribution in [0.5, 0.6) is 11.5 Å². The lowest BCUT2D eigenvalue weighted by Crippen LogP contribution is -2.55. The van der Waals surface area contributed by atoms with Crippen LogP contribution >= 0.6 is 0 Å². The highest BCUT2D eigenvalue weighted by Crippen LogP contribution is 2.44. The van der Waals surface area contributed by atoms with Crippen molar-refractivity contribution in [2.45, 2.75) is 83.1 Å². The summed E-state index contributed by atoms with van der Waals surface area (Å²) in [6.07, 6.45) is 10.6. The number of amides is 1. The van der Waals surface area contributed by atoms with E-state index in [9.17, 15) is 9.59 Å². The molecule has 2 aliphatic heterocycles. The number of likely N-dealkylation sites (tertiary alicyclic amines) is 1. The standard InChI is InChI=1S/C31H42N2O3/c1-3-4-5-6-7-8-13-25(34)20-23-33(2)21-18-24(19-22-33)32-31(35)30-26-14-9-11-16-28(26)36-29-17-12-10-15-27(29)30/h9-12,14-17,24,30H,3-8,13,18-23H2,1-2H3/p+1. The number of hydrogen-bond acceptors (Lipinski definition) is 3. The Hall–Kier alpha value is -2.66. The highest BCUT2D eigenvalue weighted by Gasteiger charge is 2.36. The van der Waals surface area contributed by atoms with E-state index in [1.807, 2.05) is 48.5 Å². The number of unbranched alkanes of at least 4 members (excludes halogenated alkanes) is 5. The first-order valence-corrected chi connectivity index (χ1v) is 14.0. The number of carbonyl (C=O) groups excluding carboxylic acids is 2. The highest BCUT2D eigenvalue weighted by molar-refractivity contribution is 5.89. The van der Waals surface area contributed by atoms with Crippen LogP contribution in [0.1, 0.15) is 88.2 Å². The third kappa shape index (κ3) is 6.76. The minimum atomic E-state index is -0.353. The Morgan fingerprint density at radius 1 is 0.861 bits per heavy atom. The molecule has 194 valence electrons. The third-order valence-electron chi connectivity index (χ3n) is 8.06. The normalized spacial score (nSPS) is 21.2. The smallest absolute Gasteiger partial charge is 0.232 e. The molecule has 2 aliphatic rings. The fourth-order valence-corrected chi connectivity index (χ4v) is 5.66. The molecule has 1 fully saturated rings. The van der Waals surface area contributed by atoms with Gasteiger partial charge in [0.1, 0.15) is 17.3 Å². The zero-order valence-electron chi connectivity index (χ0n) is 22.1. The van der Waals surface area contributed by atoms with Crippen molar-refractivity contribution >= 4 is 11.7 Å². The molecule has 5 nitrogen and oxygen atoms in total. The van der Waals surface area contributed by atoms with Crippen LogP contribution in [0.3, 0.4) is 0 Å². The second-order valence-corrected chi connectivity index (χ2v) is 11.0. The molecule has 0 bridgehead atoms. The van der Waals surface area contributed by atoms with Gasteiger partial charge >= 0.3 is 0 Å². The Morgan fingerprint density at radius 3 is 2.08 bits per heavy atom. The van der Waals surface area contributed by atoms with Gasteiger partial charge in [-0.05, 0) is 18.6 Å². The van der Waals surface area contributed by atoms with Gasteiger partial charge in [0.25, 0.3) is 0 Å².